The molecule has 0 amide bonds. The Bertz CT molecular complexity index is 1940. The van der Waals surface area contributed by atoms with Crippen LogP contribution in [0, 0.1) is 5.92 Å². The third kappa shape index (κ3) is 18.4. The van der Waals surface area contributed by atoms with E-state index in [1.54, 1.807) is 0 Å². The molecule has 4 nitrogen and oxygen atoms in total. The minimum absolute atomic E-state index is 0.133. The number of rotatable bonds is 21. The number of hydrogen-bond donors (Lipinski definition) is 0. The van der Waals surface area contributed by atoms with Gasteiger partial charge in [0.1, 0.15) is 23.0 Å². The maximum atomic E-state index is 6.22. The summed E-state index contributed by atoms with van der Waals surface area (Å²) in [6.07, 6.45) is 9.30. The molecule has 4 rings (SSSR count). The molecule has 4 heteroatoms. The summed E-state index contributed by atoms with van der Waals surface area (Å²) in [7, 11) is 0. The molecule has 2 atom stereocenters. The van der Waals surface area contributed by atoms with E-state index in [-0.39, 0.29) is 30.3 Å². The van der Waals surface area contributed by atoms with Crippen molar-refractivity contribution in [2.24, 2.45) is 5.92 Å². The Kier molecular flexibility index (Phi) is 23.9. The van der Waals surface area contributed by atoms with Gasteiger partial charge in [0.2, 0.25) is 0 Å². The standard InChI is InChI=1S/C30H44O2.2C15H22O/c1-11-27(28-18-25(20(4)5)13-15-30(28)32-22(8)9)23(10)16-26-17-24(19(2)3)12-14-29(26)31-21(6)7;2*1-6-7-14-10-13(11(2)3)8-9-15(14)16-12(4)5/h11-15,17-23,27H,1,16H2,2-10H3;2*6,8-12H,1,7H2,2-5H3. The van der Waals surface area contributed by atoms with E-state index in [1.165, 1.54) is 44.5 Å². The quantitative estimate of drug-likeness (QED) is 0.0782. The maximum Gasteiger partial charge on any atom is 0.123 e. The van der Waals surface area contributed by atoms with Gasteiger partial charge in [0, 0.05) is 11.5 Å². The highest BCUT2D eigenvalue weighted by molar-refractivity contribution is 5.45. The van der Waals surface area contributed by atoms with Gasteiger partial charge in [-0.15, -0.1) is 19.7 Å². The first-order valence-electron chi connectivity index (χ1n) is 24.1. The van der Waals surface area contributed by atoms with Crippen molar-refractivity contribution in [3.05, 3.63) is 155 Å². The van der Waals surface area contributed by atoms with Crippen LogP contribution < -0.4 is 18.9 Å². The van der Waals surface area contributed by atoms with Crippen LogP contribution in [0.4, 0.5) is 0 Å². The van der Waals surface area contributed by atoms with Crippen LogP contribution >= 0.6 is 0 Å². The van der Waals surface area contributed by atoms with E-state index in [1.807, 2.05) is 39.8 Å². The van der Waals surface area contributed by atoms with E-state index in [4.69, 9.17) is 18.9 Å². The third-order valence-electron chi connectivity index (χ3n) is 10.9. The molecule has 0 aromatic heterocycles. The van der Waals surface area contributed by atoms with E-state index < -0.39 is 0 Å². The molecule has 0 aliphatic carbocycles. The monoisotopic (exact) mass is 873 g/mol. The molecular formula is C60H88O4. The molecule has 352 valence electrons. The smallest absolute Gasteiger partial charge is 0.123 e. The third-order valence-corrected chi connectivity index (χ3v) is 10.9. The molecule has 0 radical (unpaired) electrons. The molecule has 0 N–H and O–H groups in total. The van der Waals surface area contributed by atoms with Crippen LogP contribution in [0.3, 0.4) is 0 Å². The lowest BCUT2D eigenvalue weighted by Crippen LogP contribution is -2.16. The molecule has 2 unspecified atom stereocenters. The van der Waals surface area contributed by atoms with Crippen LogP contribution in [0.5, 0.6) is 23.0 Å². The van der Waals surface area contributed by atoms with Crippen molar-refractivity contribution in [1.29, 1.82) is 0 Å². The van der Waals surface area contributed by atoms with E-state index >= 15 is 0 Å². The van der Waals surface area contributed by atoms with Crippen molar-refractivity contribution in [1.82, 2.24) is 0 Å². The Labute approximate surface area is 392 Å². The van der Waals surface area contributed by atoms with Gasteiger partial charge in [0.05, 0.1) is 24.4 Å². The first-order valence-corrected chi connectivity index (χ1v) is 24.1. The van der Waals surface area contributed by atoms with Crippen LogP contribution in [0.15, 0.2) is 111 Å². The Balaban J connectivity index is 0.000000368. The van der Waals surface area contributed by atoms with Crippen molar-refractivity contribution >= 4 is 0 Å². The van der Waals surface area contributed by atoms with E-state index in [0.717, 1.165) is 42.3 Å². The summed E-state index contributed by atoms with van der Waals surface area (Å²) in [5.74, 6) is 6.53. The fraction of sp³-hybridized carbons (Fsp3) is 0.500. The molecule has 0 spiro atoms. The molecule has 0 aliphatic rings. The van der Waals surface area contributed by atoms with Crippen LogP contribution in [0.2, 0.25) is 0 Å². The molecule has 4 aromatic carbocycles. The van der Waals surface area contributed by atoms with Gasteiger partial charge in [-0.3, -0.25) is 0 Å². The van der Waals surface area contributed by atoms with Crippen molar-refractivity contribution in [2.75, 3.05) is 0 Å². The van der Waals surface area contributed by atoms with Crippen molar-refractivity contribution in [3.8, 4) is 23.0 Å². The van der Waals surface area contributed by atoms with Crippen LogP contribution in [-0.4, -0.2) is 24.4 Å². The van der Waals surface area contributed by atoms with Crippen molar-refractivity contribution in [3.63, 3.8) is 0 Å². The Hall–Kier alpha value is -4.70. The number of ether oxygens (including phenoxy) is 4. The predicted molar refractivity (Wildman–Crippen MR) is 279 cm³/mol. The van der Waals surface area contributed by atoms with Crippen LogP contribution in [0.25, 0.3) is 0 Å². The van der Waals surface area contributed by atoms with Gasteiger partial charge in [-0.1, -0.05) is 129 Å². The highest BCUT2D eigenvalue weighted by Gasteiger charge is 2.24. The summed E-state index contributed by atoms with van der Waals surface area (Å²) in [6, 6.07) is 26.2. The molecule has 0 saturated carbocycles. The average Bonchev–Trinajstić information content (AvgIpc) is 3.20. The second-order valence-electron chi connectivity index (χ2n) is 19.6. The largest absolute Gasteiger partial charge is 0.491 e. The van der Waals surface area contributed by atoms with Crippen molar-refractivity contribution in [2.45, 2.75) is 191 Å². The van der Waals surface area contributed by atoms with Gasteiger partial charge in [-0.2, -0.15) is 0 Å². The summed E-state index contributed by atoms with van der Waals surface area (Å²) in [6.45, 7) is 48.4. The first-order chi connectivity index (χ1) is 30.1. The summed E-state index contributed by atoms with van der Waals surface area (Å²) in [5, 5.41) is 0. The second-order valence-corrected chi connectivity index (χ2v) is 19.6. The normalized spacial score (nSPS) is 12.3. The summed E-state index contributed by atoms with van der Waals surface area (Å²) < 4.78 is 24.0. The number of hydrogen-bond acceptors (Lipinski definition) is 4. The molecular weight excluding hydrogens is 785 g/mol. The average molecular weight is 873 g/mol. The van der Waals surface area contributed by atoms with Gasteiger partial charge < -0.3 is 18.9 Å². The van der Waals surface area contributed by atoms with Crippen LogP contribution in [0.1, 0.15) is 192 Å². The lowest BCUT2D eigenvalue weighted by atomic mass is 9.81. The molecule has 64 heavy (non-hydrogen) atoms. The molecule has 0 bridgehead atoms. The highest BCUT2D eigenvalue weighted by Crippen LogP contribution is 2.39. The topological polar surface area (TPSA) is 36.9 Å². The fourth-order valence-corrected chi connectivity index (χ4v) is 7.46. The minimum atomic E-state index is 0.133. The fourth-order valence-electron chi connectivity index (χ4n) is 7.46. The second kappa shape index (κ2) is 27.6. The Morgan fingerprint density at radius 1 is 0.391 bits per heavy atom. The van der Waals surface area contributed by atoms with E-state index in [2.05, 4.69) is 189 Å². The number of benzene rings is 4. The predicted octanol–water partition coefficient (Wildman–Crippen LogP) is 17.3. The molecule has 0 saturated heterocycles. The molecule has 0 fully saturated rings. The lowest BCUT2D eigenvalue weighted by molar-refractivity contribution is 0.236. The van der Waals surface area contributed by atoms with Gasteiger partial charge in [0.25, 0.3) is 0 Å². The van der Waals surface area contributed by atoms with Gasteiger partial charge >= 0.3 is 0 Å². The van der Waals surface area contributed by atoms with Crippen LogP contribution in [-0.2, 0) is 19.3 Å². The highest BCUT2D eigenvalue weighted by atomic mass is 16.5. The van der Waals surface area contributed by atoms with E-state index in [9.17, 15) is 0 Å². The van der Waals surface area contributed by atoms with Gasteiger partial charge in [0.15, 0.2) is 0 Å². The SMILES string of the molecule is C=CC(c1cc(C(C)C)ccc1OC(C)C)C(C)Cc1cc(C(C)C)ccc1OC(C)C.C=CCc1cc(C(C)C)ccc1OC(C)C.C=CCc1cc(C(C)C)ccc1OC(C)C. The molecule has 0 aliphatic heterocycles. The van der Waals surface area contributed by atoms with Crippen molar-refractivity contribution < 1.29 is 18.9 Å². The van der Waals surface area contributed by atoms with Gasteiger partial charge in [-0.25, -0.2) is 0 Å². The van der Waals surface area contributed by atoms with Gasteiger partial charge in [-0.05, 0) is 167 Å². The zero-order valence-electron chi connectivity index (χ0n) is 43.3. The van der Waals surface area contributed by atoms with E-state index in [0.29, 0.717) is 29.6 Å². The molecule has 4 aromatic rings. The first kappa shape index (κ1) is 55.4. The zero-order chi connectivity index (χ0) is 48.3. The summed E-state index contributed by atoms with van der Waals surface area (Å²) in [4.78, 5) is 0. The summed E-state index contributed by atoms with van der Waals surface area (Å²) >= 11 is 0. The minimum Gasteiger partial charge on any atom is -0.491 e. The maximum absolute atomic E-state index is 6.22. The Morgan fingerprint density at radius 3 is 1.00 bits per heavy atom. The number of allylic oxidation sites excluding steroid dienone is 3. The zero-order valence-corrected chi connectivity index (χ0v) is 43.3. The molecule has 0 heterocycles. The lowest BCUT2D eigenvalue weighted by Gasteiger charge is -2.27. The summed E-state index contributed by atoms with van der Waals surface area (Å²) in [5.41, 5.74) is 10.4. The Morgan fingerprint density at radius 2 is 0.688 bits per heavy atom.